The average molecular weight is 343 g/mol. The van der Waals surface area contributed by atoms with Crippen LogP contribution in [-0.2, 0) is 4.79 Å². The van der Waals surface area contributed by atoms with Gasteiger partial charge in [0.2, 0.25) is 5.12 Å². The summed E-state index contributed by atoms with van der Waals surface area (Å²) >= 11 is 2.87. The first kappa shape index (κ1) is 16.1. The summed E-state index contributed by atoms with van der Waals surface area (Å²) in [5, 5.41) is 2.11. The third kappa shape index (κ3) is 3.46. The molecule has 0 aliphatic carbocycles. The van der Waals surface area contributed by atoms with E-state index in [1.165, 1.54) is 11.8 Å². The number of rotatable bonds is 4. The van der Waals surface area contributed by atoms with Gasteiger partial charge in [-0.2, -0.15) is 0 Å². The van der Waals surface area contributed by atoms with Crippen LogP contribution in [0, 0.1) is 0 Å². The highest BCUT2D eigenvalue weighted by Crippen LogP contribution is 2.34. The first-order valence-electron chi connectivity index (χ1n) is 7.44. The van der Waals surface area contributed by atoms with E-state index in [9.17, 15) is 4.79 Å². The largest absolute Gasteiger partial charge is 0.496 e. The Hall–Kier alpha value is -1.72. The van der Waals surface area contributed by atoms with E-state index in [0.717, 1.165) is 38.6 Å². The van der Waals surface area contributed by atoms with Crippen molar-refractivity contribution in [2.24, 2.45) is 4.99 Å². The van der Waals surface area contributed by atoms with E-state index in [2.05, 4.69) is 11.9 Å². The zero-order chi connectivity index (χ0) is 16.2. The van der Waals surface area contributed by atoms with Crippen LogP contribution in [0.2, 0.25) is 0 Å². The number of carbonyl (C=O) groups excluding carboxylic acids is 1. The van der Waals surface area contributed by atoms with Crippen molar-refractivity contribution in [2.45, 2.75) is 13.3 Å². The quantitative estimate of drug-likeness (QED) is 0.735. The van der Waals surface area contributed by atoms with Crippen molar-refractivity contribution in [2.75, 3.05) is 12.9 Å². The number of aliphatic imine (C=N–C) groups is 1. The number of carbonyl (C=O) groups is 1. The van der Waals surface area contributed by atoms with Gasteiger partial charge in [-0.3, -0.25) is 4.79 Å². The monoisotopic (exact) mass is 343 g/mol. The molecule has 5 heteroatoms. The lowest BCUT2D eigenvalue weighted by atomic mass is 10.0. The third-order valence-corrected chi connectivity index (χ3v) is 5.68. The van der Waals surface area contributed by atoms with Gasteiger partial charge in [0.15, 0.2) is 0 Å². The van der Waals surface area contributed by atoms with E-state index >= 15 is 0 Å². The Kier molecular flexibility index (Phi) is 5.08. The van der Waals surface area contributed by atoms with Gasteiger partial charge >= 0.3 is 0 Å². The van der Waals surface area contributed by atoms with Crippen LogP contribution >= 0.6 is 23.5 Å². The summed E-state index contributed by atoms with van der Waals surface area (Å²) in [6, 6.07) is 11.9. The number of benzene rings is 2. The van der Waals surface area contributed by atoms with Gasteiger partial charge in [0.05, 0.1) is 7.11 Å². The SMILES string of the molecule is CCCSC1=NC(=Cc2ccc(OC)c3ccccc23)C(=O)S1. The number of fused-ring (bicyclic) bond motifs is 1. The molecule has 3 nitrogen and oxygen atoms in total. The summed E-state index contributed by atoms with van der Waals surface area (Å²) in [5.74, 6) is 1.82. The highest BCUT2D eigenvalue weighted by Gasteiger charge is 2.22. The maximum absolute atomic E-state index is 12.2. The van der Waals surface area contributed by atoms with Crippen molar-refractivity contribution in [1.29, 1.82) is 0 Å². The molecule has 1 aliphatic heterocycles. The number of hydrogen-bond acceptors (Lipinski definition) is 5. The van der Waals surface area contributed by atoms with Gasteiger partial charge in [-0.25, -0.2) is 4.99 Å². The molecule has 0 amide bonds. The molecule has 0 fully saturated rings. The van der Waals surface area contributed by atoms with Crippen molar-refractivity contribution in [3.8, 4) is 5.75 Å². The van der Waals surface area contributed by atoms with Crippen molar-refractivity contribution in [3.05, 3.63) is 47.7 Å². The molecule has 0 aromatic heterocycles. The van der Waals surface area contributed by atoms with E-state index in [1.54, 1.807) is 18.9 Å². The lowest BCUT2D eigenvalue weighted by molar-refractivity contribution is -0.107. The number of hydrogen-bond donors (Lipinski definition) is 0. The van der Waals surface area contributed by atoms with Crippen LogP contribution in [0.1, 0.15) is 18.9 Å². The fraction of sp³-hybridized carbons (Fsp3) is 0.222. The molecule has 0 unspecified atom stereocenters. The van der Waals surface area contributed by atoms with E-state index in [4.69, 9.17) is 4.74 Å². The molecular formula is C18H17NO2S2. The fourth-order valence-corrected chi connectivity index (χ4v) is 4.15. The standard InChI is InChI=1S/C18H17NO2S2/c1-3-10-22-18-19-15(17(20)23-18)11-12-8-9-16(21-2)14-7-5-4-6-13(12)14/h4-9,11H,3,10H2,1-2H3. The number of thioether (sulfide) groups is 2. The molecule has 3 rings (SSSR count). The smallest absolute Gasteiger partial charge is 0.244 e. The van der Waals surface area contributed by atoms with Gasteiger partial charge < -0.3 is 4.74 Å². The van der Waals surface area contributed by atoms with Crippen LogP contribution in [0.5, 0.6) is 5.75 Å². The molecule has 0 spiro atoms. The van der Waals surface area contributed by atoms with Crippen LogP contribution in [-0.4, -0.2) is 22.4 Å². The van der Waals surface area contributed by atoms with E-state index in [0.29, 0.717) is 5.70 Å². The topological polar surface area (TPSA) is 38.7 Å². The Labute approximate surface area is 144 Å². The van der Waals surface area contributed by atoms with Gasteiger partial charge in [-0.05, 0) is 47.0 Å². The molecule has 0 N–H and O–H groups in total. The summed E-state index contributed by atoms with van der Waals surface area (Å²) in [4.78, 5) is 16.6. The van der Waals surface area contributed by atoms with Crippen molar-refractivity contribution < 1.29 is 9.53 Å². The van der Waals surface area contributed by atoms with Crippen molar-refractivity contribution in [3.63, 3.8) is 0 Å². The minimum Gasteiger partial charge on any atom is -0.496 e. The minimum absolute atomic E-state index is 0.0171. The second-order valence-electron chi connectivity index (χ2n) is 5.05. The first-order chi connectivity index (χ1) is 11.2. The fourth-order valence-electron chi connectivity index (χ4n) is 2.39. The lowest BCUT2D eigenvalue weighted by Gasteiger charge is -2.08. The molecule has 1 aliphatic rings. The molecule has 0 radical (unpaired) electrons. The van der Waals surface area contributed by atoms with Gasteiger partial charge in [0.25, 0.3) is 0 Å². The zero-order valence-electron chi connectivity index (χ0n) is 13.0. The van der Waals surface area contributed by atoms with Crippen LogP contribution in [0.25, 0.3) is 16.8 Å². The molecule has 1 heterocycles. The van der Waals surface area contributed by atoms with Gasteiger partial charge in [-0.1, -0.05) is 49.0 Å². The molecule has 0 saturated heterocycles. The molecule has 2 aromatic carbocycles. The van der Waals surface area contributed by atoms with E-state index < -0.39 is 0 Å². The van der Waals surface area contributed by atoms with Gasteiger partial charge in [0.1, 0.15) is 15.8 Å². The van der Waals surface area contributed by atoms with Gasteiger partial charge in [0, 0.05) is 5.39 Å². The molecular weight excluding hydrogens is 326 g/mol. The number of nitrogens with zero attached hydrogens (tertiary/aromatic N) is 1. The third-order valence-electron chi connectivity index (χ3n) is 3.46. The average Bonchev–Trinajstić information content (AvgIpc) is 2.93. The zero-order valence-corrected chi connectivity index (χ0v) is 14.7. The highest BCUT2D eigenvalue weighted by molar-refractivity contribution is 8.45. The Bertz CT molecular complexity index is 812. The van der Waals surface area contributed by atoms with Crippen molar-refractivity contribution in [1.82, 2.24) is 0 Å². The molecule has 2 aromatic rings. The van der Waals surface area contributed by atoms with Crippen LogP contribution < -0.4 is 4.74 Å². The van der Waals surface area contributed by atoms with Gasteiger partial charge in [-0.15, -0.1) is 0 Å². The van der Waals surface area contributed by atoms with Crippen LogP contribution in [0.3, 0.4) is 0 Å². The highest BCUT2D eigenvalue weighted by atomic mass is 32.2. The molecule has 0 saturated carbocycles. The molecule has 23 heavy (non-hydrogen) atoms. The molecule has 0 atom stereocenters. The maximum atomic E-state index is 12.2. The Morgan fingerprint density at radius 2 is 2.00 bits per heavy atom. The van der Waals surface area contributed by atoms with Crippen LogP contribution in [0.4, 0.5) is 0 Å². The predicted octanol–water partition coefficient (Wildman–Crippen LogP) is 4.96. The predicted molar refractivity (Wildman–Crippen MR) is 101 cm³/mol. The number of methoxy groups -OCH3 is 1. The second-order valence-corrected chi connectivity index (χ2v) is 7.35. The Balaban J connectivity index is 2.01. The lowest BCUT2D eigenvalue weighted by Crippen LogP contribution is -1.90. The van der Waals surface area contributed by atoms with E-state index in [1.807, 2.05) is 42.5 Å². The summed E-state index contributed by atoms with van der Waals surface area (Å²) in [5.41, 5.74) is 1.50. The summed E-state index contributed by atoms with van der Waals surface area (Å²) < 4.78 is 6.26. The molecule has 118 valence electrons. The van der Waals surface area contributed by atoms with E-state index in [-0.39, 0.29) is 5.12 Å². The van der Waals surface area contributed by atoms with Crippen LogP contribution in [0.15, 0.2) is 47.1 Å². The second kappa shape index (κ2) is 7.23. The summed E-state index contributed by atoms with van der Waals surface area (Å²) in [6.07, 6.45) is 2.94. The summed E-state index contributed by atoms with van der Waals surface area (Å²) in [7, 11) is 1.67. The Morgan fingerprint density at radius 3 is 2.74 bits per heavy atom. The first-order valence-corrected chi connectivity index (χ1v) is 9.24. The normalized spacial score (nSPS) is 16.2. The number of ether oxygens (including phenoxy) is 1. The summed E-state index contributed by atoms with van der Waals surface area (Å²) in [6.45, 7) is 2.12. The van der Waals surface area contributed by atoms with Crippen molar-refractivity contribution >= 4 is 49.9 Å². The Morgan fingerprint density at radius 1 is 1.22 bits per heavy atom. The minimum atomic E-state index is 0.0171. The molecule has 0 bridgehead atoms. The maximum Gasteiger partial charge on any atom is 0.244 e.